The van der Waals surface area contributed by atoms with E-state index in [1.807, 2.05) is 25.1 Å². The molecular formula is C23H25F2N7O4. The molecule has 13 heteroatoms. The highest BCUT2D eigenvalue weighted by atomic mass is 19.3. The number of carbonyl (C=O) groups excluding carboxylic acids is 2. The van der Waals surface area contributed by atoms with Crippen LogP contribution in [0.25, 0.3) is 0 Å². The van der Waals surface area contributed by atoms with Gasteiger partial charge >= 0.3 is 17.9 Å². The topological polar surface area (TPSA) is 142 Å². The molecule has 1 unspecified atom stereocenters. The van der Waals surface area contributed by atoms with Crippen LogP contribution < -0.4 is 10.6 Å². The smallest absolute Gasteiger partial charge is 0.376 e. The molecule has 3 amide bonds. The standard InChI is InChI=1S/C23H25F2N7O4/c1-14-6-4-5-7-17(14)28-22(36)29-18-9-8-16(11-26-18)10-19(33)31(3)15(2)20-27-13-32(30-20)12-23(24,25)21(34)35/h4-9,11,13,15H,10,12H2,1-3H3,(H,34,35)(H2,26,28,29,36). The molecule has 1 aromatic carbocycles. The molecule has 190 valence electrons. The Morgan fingerprint density at radius 2 is 1.86 bits per heavy atom. The number of alkyl halides is 2. The molecule has 11 nitrogen and oxygen atoms in total. The first-order chi connectivity index (χ1) is 17.0. The Labute approximate surface area is 205 Å². The zero-order valence-corrected chi connectivity index (χ0v) is 19.8. The Morgan fingerprint density at radius 1 is 1.14 bits per heavy atom. The van der Waals surface area contributed by atoms with E-state index in [9.17, 15) is 23.2 Å². The van der Waals surface area contributed by atoms with Crippen LogP contribution in [0.4, 0.5) is 25.1 Å². The molecule has 0 saturated carbocycles. The number of para-hydroxylation sites is 1. The first kappa shape index (κ1) is 26.2. The van der Waals surface area contributed by atoms with Gasteiger partial charge in [0, 0.05) is 18.9 Å². The molecule has 3 N–H and O–H groups in total. The summed E-state index contributed by atoms with van der Waals surface area (Å²) in [6, 6.07) is 9.42. The number of nitrogens with zero attached hydrogens (tertiary/aromatic N) is 5. The van der Waals surface area contributed by atoms with E-state index in [0.717, 1.165) is 16.6 Å². The molecule has 0 saturated heterocycles. The molecular weight excluding hydrogens is 476 g/mol. The van der Waals surface area contributed by atoms with Gasteiger partial charge in [0.05, 0.1) is 12.5 Å². The number of urea groups is 1. The molecule has 0 radical (unpaired) electrons. The SMILES string of the molecule is Cc1ccccc1NC(=O)Nc1ccc(CC(=O)N(C)C(C)c2ncn(CC(F)(F)C(=O)O)n2)cn1. The van der Waals surface area contributed by atoms with Crippen molar-refractivity contribution in [3.63, 3.8) is 0 Å². The van der Waals surface area contributed by atoms with Crippen molar-refractivity contribution in [3.05, 3.63) is 65.9 Å². The number of aryl methyl sites for hydroxylation is 1. The van der Waals surface area contributed by atoms with Gasteiger partial charge in [-0.15, -0.1) is 0 Å². The van der Waals surface area contributed by atoms with E-state index in [1.165, 1.54) is 18.1 Å². The number of likely N-dealkylation sites (N-methyl/N-ethyl adjacent to an activating group) is 1. The summed E-state index contributed by atoms with van der Waals surface area (Å²) in [6.45, 7) is 2.32. The van der Waals surface area contributed by atoms with Crippen LogP contribution in [0.15, 0.2) is 48.9 Å². The number of hydrogen-bond donors (Lipinski definition) is 3. The quantitative estimate of drug-likeness (QED) is 0.409. The lowest BCUT2D eigenvalue weighted by atomic mass is 10.1. The summed E-state index contributed by atoms with van der Waals surface area (Å²) in [4.78, 5) is 44.9. The average Bonchev–Trinajstić information content (AvgIpc) is 3.28. The maximum Gasteiger partial charge on any atom is 0.376 e. The zero-order valence-electron chi connectivity index (χ0n) is 19.8. The maximum atomic E-state index is 13.4. The van der Waals surface area contributed by atoms with Crippen molar-refractivity contribution in [1.82, 2.24) is 24.6 Å². The fraction of sp³-hybridized carbons (Fsp3) is 0.304. The number of carboxylic acid groups (broad SMARTS) is 1. The summed E-state index contributed by atoms with van der Waals surface area (Å²) in [5.41, 5.74) is 2.17. The minimum atomic E-state index is -3.99. The van der Waals surface area contributed by atoms with E-state index in [-0.39, 0.29) is 18.2 Å². The van der Waals surface area contributed by atoms with Crippen LogP contribution in [0.2, 0.25) is 0 Å². The van der Waals surface area contributed by atoms with Gasteiger partial charge in [-0.25, -0.2) is 24.2 Å². The number of amides is 3. The molecule has 2 aromatic heterocycles. The highest BCUT2D eigenvalue weighted by Gasteiger charge is 2.40. The van der Waals surface area contributed by atoms with Crippen LogP contribution in [-0.2, 0) is 22.6 Å². The number of anilines is 2. The minimum Gasteiger partial charge on any atom is -0.477 e. The first-order valence-corrected chi connectivity index (χ1v) is 10.8. The van der Waals surface area contributed by atoms with Gasteiger partial charge in [0.25, 0.3) is 0 Å². The molecule has 0 bridgehead atoms. The maximum absolute atomic E-state index is 13.4. The van der Waals surface area contributed by atoms with Gasteiger partial charge in [-0.1, -0.05) is 24.3 Å². The second kappa shape index (κ2) is 10.9. The second-order valence-electron chi connectivity index (χ2n) is 8.11. The third-order valence-corrected chi connectivity index (χ3v) is 5.39. The third-order valence-electron chi connectivity index (χ3n) is 5.39. The Kier molecular flexibility index (Phi) is 7.92. The number of aliphatic carboxylic acids is 1. The number of hydrogen-bond acceptors (Lipinski definition) is 6. The lowest BCUT2D eigenvalue weighted by Gasteiger charge is -2.22. The fourth-order valence-electron chi connectivity index (χ4n) is 3.12. The van der Waals surface area contributed by atoms with Crippen LogP contribution in [0.1, 0.15) is 29.9 Å². The van der Waals surface area contributed by atoms with Crippen LogP contribution in [0.3, 0.4) is 0 Å². The predicted molar refractivity (Wildman–Crippen MR) is 126 cm³/mol. The van der Waals surface area contributed by atoms with Gasteiger partial charge in [0.2, 0.25) is 5.91 Å². The number of nitrogens with one attached hydrogen (secondary N) is 2. The number of pyridine rings is 1. The molecule has 0 spiro atoms. The lowest BCUT2D eigenvalue weighted by molar-refractivity contribution is -0.167. The van der Waals surface area contributed by atoms with E-state index in [0.29, 0.717) is 17.1 Å². The highest BCUT2D eigenvalue weighted by molar-refractivity contribution is 5.99. The van der Waals surface area contributed by atoms with Gasteiger partial charge < -0.3 is 15.3 Å². The molecule has 0 fully saturated rings. The van der Waals surface area contributed by atoms with Gasteiger partial charge in [0.15, 0.2) is 5.82 Å². The summed E-state index contributed by atoms with van der Waals surface area (Å²) >= 11 is 0. The number of aromatic nitrogens is 4. The van der Waals surface area contributed by atoms with Crippen LogP contribution in [0, 0.1) is 6.92 Å². The normalized spacial score (nSPS) is 12.0. The molecule has 0 aliphatic heterocycles. The highest BCUT2D eigenvalue weighted by Crippen LogP contribution is 2.19. The molecule has 3 rings (SSSR count). The monoisotopic (exact) mass is 501 g/mol. The van der Waals surface area contributed by atoms with Crippen molar-refractivity contribution < 1.29 is 28.3 Å². The van der Waals surface area contributed by atoms with Crippen LogP contribution in [0.5, 0.6) is 0 Å². The van der Waals surface area contributed by atoms with Gasteiger partial charge in [0.1, 0.15) is 18.7 Å². The number of carboxylic acids is 1. The number of carbonyl (C=O) groups is 3. The number of benzene rings is 1. The summed E-state index contributed by atoms with van der Waals surface area (Å²) < 4.78 is 27.5. The summed E-state index contributed by atoms with van der Waals surface area (Å²) in [6.07, 6.45) is 2.44. The molecule has 2 heterocycles. The third kappa shape index (κ3) is 6.58. The molecule has 0 aliphatic rings. The average molecular weight is 501 g/mol. The Balaban J connectivity index is 1.55. The summed E-state index contributed by atoms with van der Waals surface area (Å²) in [5.74, 6) is -6.18. The van der Waals surface area contributed by atoms with E-state index in [2.05, 4.69) is 25.7 Å². The second-order valence-corrected chi connectivity index (χ2v) is 8.11. The fourth-order valence-corrected chi connectivity index (χ4v) is 3.12. The van der Waals surface area contributed by atoms with Crippen molar-refractivity contribution >= 4 is 29.4 Å². The molecule has 36 heavy (non-hydrogen) atoms. The predicted octanol–water partition coefficient (Wildman–Crippen LogP) is 3.11. The van der Waals surface area contributed by atoms with Crippen LogP contribution >= 0.6 is 0 Å². The Morgan fingerprint density at radius 3 is 2.50 bits per heavy atom. The van der Waals surface area contributed by atoms with Crippen molar-refractivity contribution in [1.29, 1.82) is 0 Å². The van der Waals surface area contributed by atoms with E-state index in [4.69, 9.17) is 5.11 Å². The van der Waals surface area contributed by atoms with Gasteiger partial charge in [-0.3, -0.25) is 10.1 Å². The van der Waals surface area contributed by atoms with Gasteiger partial charge in [-0.05, 0) is 37.1 Å². The molecule has 0 aliphatic carbocycles. The van der Waals surface area contributed by atoms with Crippen molar-refractivity contribution in [2.45, 2.75) is 38.8 Å². The first-order valence-electron chi connectivity index (χ1n) is 10.8. The Hall–Kier alpha value is -4.42. The van der Waals surface area contributed by atoms with Gasteiger partial charge in [-0.2, -0.15) is 13.9 Å². The van der Waals surface area contributed by atoms with Crippen molar-refractivity contribution in [2.24, 2.45) is 0 Å². The zero-order chi connectivity index (χ0) is 26.5. The van der Waals surface area contributed by atoms with Crippen molar-refractivity contribution in [3.8, 4) is 0 Å². The molecule has 3 aromatic rings. The molecule has 1 atom stereocenters. The summed E-state index contributed by atoms with van der Waals surface area (Å²) in [7, 11) is 1.51. The number of rotatable bonds is 9. The van der Waals surface area contributed by atoms with Crippen molar-refractivity contribution in [2.75, 3.05) is 17.7 Å². The van der Waals surface area contributed by atoms with E-state index in [1.54, 1.807) is 25.1 Å². The largest absolute Gasteiger partial charge is 0.477 e. The lowest BCUT2D eigenvalue weighted by Crippen LogP contribution is -2.34. The van der Waals surface area contributed by atoms with Crippen LogP contribution in [-0.4, -0.2) is 60.6 Å². The number of halogens is 2. The van der Waals surface area contributed by atoms with E-state index < -0.39 is 30.5 Å². The minimum absolute atomic E-state index is 0.0126. The Bertz CT molecular complexity index is 1250. The summed E-state index contributed by atoms with van der Waals surface area (Å²) in [5, 5.41) is 17.8. The van der Waals surface area contributed by atoms with E-state index >= 15 is 0 Å².